The Hall–Kier alpha value is -1.07. The second-order valence-corrected chi connectivity index (χ2v) is 14.8. The van der Waals surface area contributed by atoms with Crippen LogP contribution in [-0.2, 0) is 28.7 Å². The summed E-state index contributed by atoms with van der Waals surface area (Å²) in [5.74, 6) is 0.318. The molecule has 2 unspecified atom stereocenters. The van der Waals surface area contributed by atoms with Gasteiger partial charge in [-0.2, -0.15) is 35.3 Å². The van der Waals surface area contributed by atoms with Crippen molar-refractivity contribution in [2.45, 2.75) is 100 Å². The number of hydrogen-bond donors (Lipinski definition) is 2. The Kier molecular flexibility index (Phi) is 17.5. The summed E-state index contributed by atoms with van der Waals surface area (Å²) >= 11 is 5.76. The van der Waals surface area contributed by atoms with E-state index in [1.165, 1.54) is 12.8 Å². The number of ether oxygens (including phenoxy) is 2. The van der Waals surface area contributed by atoms with Crippen LogP contribution >= 0.6 is 35.3 Å². The number of carbonyl (C=O) groups excluding carboxylic acids is 4. The van der Waals surface area contributed by atoms with Crippen molar-refractivity contribution >= 4 is 59.0 Å². The van der Waals surface area contributed by atoms with Crippen LogP contribution in [0.5, 0.6) is 0 Å². The quantitative estimate of drug-likeness (QED) is 0.162. The van der Waals surface area contributed by atoms with Crippen molar-refractivity contribution in [2.24, 2.45) is 0 Å². The summed E-state index contributed by atoms with van der Waals surface area (Å²) in [6.45, 7) is 11.9. The highest BCUT2D eigenvalue weighted by atomic mass is 32.2. The lowest BCUT2D eigenvalue weighted by Crippen LogP contribution is -2.34. The predicted octanol–water partition coefficient (Wildman–Crippen LogP) is 4.19. The summed E-state index contributed by atoms with van der Waals surface area (Å²) in [4.78, 5) is 47.3. The average molecular weight is 579 g/mol. The van der Waals surface area contributed by atoms with Crippen molar-refractivity contribution in [1.82, 2.24) is 10.6 Å². The Bertz CT molecular complexity index is 720. The smallest absolute Gasteiger partial charge is 0.306 e. The van der Waals surface area contributed by atoms with E-state index in [1.54, 1.807) is 11.8 Å². The largest absolute Gasteiger partial charge is 0.462 e. The van der Waals surface area contributed by atoms with Gasteiger partial charge in [0.1, 0.15) is 13.2 Å². The lowest BCUT2D eigenvalue weighted by Gasteiger charge is -2.36. The number of carbonyl (C=O) groups is 4. The van der Waals surface area contributed by atoms with Crippen molar-refractivity contribution in [2.75, 3.05) is 37.8 Å². The highest BCUT2D eigenvalue weighted by molar-refractivity contribution is 8.04. The van der Waals surface area contributed by atoms with Crippen LogP contribution in [0.2, 0.25) is 0 Å². The van der Waals surface area contributed by atoms with Gasteiger partial charge < -0.3 is 20.1 Å². The molecular weight excluding hydrogens is 532 g/mol. The highest BCUT2D eigenvalue weighted by Crippen LogP contribution is 2.41. The van der Waals surface area contributed by atoms with Gasteiger partial charge in [0.05, 0.1) is 12.8 Å². The molecule has 2 amide bonds. The van der Waals surface area contributed by atoms with Crippen molar-refractivity contribution in [3.05, 3.63) is 0 Å². The minimum Gasteiger partial charge on any atom is -0.462 e. The zero-order chi connectivity index (χ0) is 27.7. The standard InChI is InChI=1S/C26H46N2O6S3/c1-6-26(4,5)36-18-14-28-23(30)10-12-25(32)34-16-15-33-24(31)11-9-22(29)27-13-17-35-20-7-8-21(20)37-19(2)3/h19-21H,6-18H2,1-5H3,(H,27,29)(H,28,30). The molecule has 1 rings (SSSR count). The third-order valence-corrected chi connectivity index (χ3v) is 10.4. The molecule has 0 spiro atoms. The summed E-state index contributed by atoms with van der Waals surface area (Å²) in [6, 6.07) is 0. The fraction of sp³-hybridized carbons (Fsp3) is 0.846. The SMILES string of the molecule is CCC(C)(C)SCCNC(=O)CCC(=O)OCCOC(=O)CCC(=O)NCCSC1CCC1SC(C)C. The molecule has 1 fully saturated rings. The third-order valence-electron chi connectivity index (χ3n) is 5.84. The topological polar surface area (TPSA) is 111 Å². The van der Waals surface area contributed by atoms with Crippen molar-refractivity contribution in [3.63, 3.8) is 0 Å². The summed E-state index contributed by atoms with van der Waals surface area (Å²) in [5, 5.41) is 7.71. The van der Waals surface area contributed by atoms with E-state index in [1.807, 2.05) is 23.5 Å². The van der Waals surface area contributed by atoms with E-state index >= 15 is 0 Å². The fourth-order valence-electron chi connectivity index (χ4n) is 3.22. The molecule has 1 saturated carbocycles. The molecular formula is C26H46N2O6S3. The van der Waals surface area contributed by atoms with Crippen LogP contribution in [-0.4, -0.2) is 82.1 Å². The van der Waals surface area contributed by atoms with Crippen LogP contribution in [0.25, 0.3) is 0 Å². The van der Waals surface area contributed by atoms with Crippen LogP contribution in [0.1, 0.15) is 79.6 Å². The summed E-state index contributed by atoms with van der Waals surface area (Å²) in [6.07, 6.45) is 3.68. The monoisotopic (exact) mass is 578 g/mol. The molecule has 0 heterocycles. The molecule has 37 heavy (non-hydrogen) atoms. The zero-order valence-electron chi connectivity index (χ0n) is 23.1. The predicted molar refractivity (Wildman–Crippen MR) is 155 cm³/mol. The van der Waals surface area contributed by atoms with Gasteiger partial charge >= 0.3 is 11.9 Å². The average Bonchev–Trinajstić information content (AvgIpc) is 2.84. The molecule has 8 nitrogen and oxygen atoms in total. The van der Waals surface area contributed by atoms with E-state index in [0.717, 1.165) is 23.2 Å². The van der Waals surface area contributed by atoms with Gasteiger partial charge in [0.2, 0.25) is 11.8 Å². The Balaban J connectivity index is 1.97. The fourth-order valence-corrected chi connectivity index (χ4v) is 7.07. The molecule has 0 aromatic rings. The van der Waals surface area contributed by atoms with Gasteiger partial charge in [0.25, 0.3) is 0 Å². The molecule has 0 aromatic carbocycles. The first-order valence-corrected chi connectivity index (χ1v) is 16.3. The molecule has 0 radical (unpaired) electrons. The van der Waals surface area contributed by atoms with E-state index in [2.05, 4.69) is 45.3 Å². The van der Waals surface area contributed by atoms with E-state index in [9.17, 15) is 19.2 Å². The van der Waals surface area contributed by atoms with Gasteiger partial charge in [0.15, 0.2) is 0 Å². The number of nitrogens with one attached hydrogen (secondary N) is 2. The van der Waals surface area contributed by atoms with Gasteiger partial charge in [0, 0.05) is 52.7 Å². The van der Waals surface area contributed by atoms with Gasteiger partial charge in [-0.1, -0.05) is 34.6 Å². The van der Waals surface area contributed by atoms with E-state index in [-0.39, 0.29) is 55.5 Å². The van der Waals surface area contributed by atoms with E-state index in [0.29, 0.717) is 23.6 Å². The maximum atomic E-state index is 11.9. The minimum atomic E-state index is -0.513. The lowest BCUT2D eigenvalue weighted by molar-refractivity contribution is -0.153. The minimum absolute atomic E-state index is 0.0173. The summed E-state index contributed by atoms with van der Waals surface area (Å²) < 4.78 is 10.2. The van der Waals surface area contributed by atoms with Crippen LogP contribution < -0.4 is 10.6 Å². The molecule has 0 bridgehead atoms. The van der Waals surface area contributed by atoms with Crippen LogP contribution in [0, 0.1) is 0 Å². The Morgan fingerprint density at radius 2 is 1.35 bits per heavy atom. The maximum Gasteiger partial charge on any atom is 0.306 e. The zero-order valence-corrected chi connectivity index (χ0v) is 25.5. The maximum absolute atomic E-state index is 11.9. The van der Waals surface area contributed by atoms with Gasteiger partial charge in [-0.05, 0) is 24.5 Å². The molecule has 2 N–H and O–H groups in total. The number of rotatable bonds is 20. The molecule has 0 aromatic heterocycles. The van der Waals surface area contributed by atoms with Crippen molar-refractivity contribution in [3.8, 4) is 0 Å². The third kappa shape index (κ3) is 17.2. The summed E-state index contributed by atoms with van der Waals surface area (Å²) in [7, 11) is 0. The first-order chi connectivity index (χ1) is 17.5. The van der Waals surface area contributed by atoms with Crippen LogP contribution in [0.15, 0.2) is 0 Å². The molecule has 0 saturated heterocycles. The van der Waals surface area contributed by atoms with Crippen LogP contribution in [0.3, 0.4) is 0 Å². The second kappa shape index (κ2) is 19.1. The molecule has 214 valence electrons. The van der Waals surface area contributed by atoms with Crippen molar-refractivity contribution in [1.29, 1.82) is 0 Å². The molecule has 2 atom stereocenters. The van der Waals surface area contributed by atoms with Crippen molar-refractivity contribution < 1.29 is 28.7 Å². The summed E-state index contributed by atoms with van der Waals surface area (Å²) in [5.41, 5.74) is 0. The van der Waals surface area contributed by atoms with E-state index < -0.39 is 11.9 Å². The molecule has 1 aliphatic rings. The second-order valence-electron chi connectivity index (χ2n) is 9.81. The molecule has 0 aliphatic heterocycles. The Labute approximate surface area is 235 Å². The molecule has 11 heteroatoms. The lowest BCUT2D eigenvalue weighted by atomic mass is 9.99. The Morgan fingerprint density at radius 1 is 0.838 bits per heavy atom. The number of amides is 2. The Morgan fingerprint density at radius 3 is 1.81 bits per heavy atom. The van der Waals surface area contributed by atoms with E-state index in [4.69, 9.17) is 9.47 Å². The van der Waals surface area contributed by atoms with Crippen LogP contribution in [0.4, 0.5) is 0 Å². The number of thioether (sulfide) groups is 3. The number of hydrogen-bond acceptors (Lipinski definition) is 9. The highest BCUT2D eigenvalue weighted by Gasteiger charge is 2.31. The van der Waals surface area contributed by atoms with Gasteiger partial charge in [-0.3, -0.25) is 19.2 Å². The normalized spacial score (nSPS) is 17.1. The molecule has 1 aliphatic carbocycles. The first kappa shape index (κ1) is 34.0. The van der Waals surface area contributed by atoms with Gasteiger partial charge in [-0.25, -0.2) is 0 Å². The van der Waals surface area contributed by atoms with Gasteiger partial charge in [-0.15, -0.1) is 0 Å². The number of esters is 2. The first-order valence-electron chi connectivity index (χ1n) is 13.3.